The average Bonchev–Trinajstić information content (AvgIpc) is 2.86. The number of nitrogens with zero attached hydrogens (tertiary/aromatic N) is 1. The SMILES string of the molecule is C=CC=CCCCc1ccc(N(c2ccccc2)c2ccc(CCCC=CC=C)cc2)cc1. The predicted octanol–water partition coefficient (Wildman–Crippen LogP) is 9.29. The van der Waals surface area contributed by atoms with E-state index in [0.717, 1.165) is 38.5 Å². The molecule has 0 aliphatic carbocycles. The van der Waals surface area contributed by atoms with Crippen molar-refractivity contribution in [2.45, 2.75) is 38.5 Å². The fourth-order valence-corrected chi connectivity index (χ4v) is 3.88. The molecule has 0 saturated carbocycles. The Morgan fingerprint density at radius 2 is 0.970 bits per heavy atom. The van der Waals surface area contributed by atoms with E-state index in [1.165, 1.54) is 28.2 Å². The van der Waals surface area contributed by atoms with Crippen LogP contribution in [-0.2, 0) is 12.8 Å². The lowest BCUT2D eigenvalue weighted by Gasteiger charge is -2.26. The minimum absolute atomic E-state index is 1.08. The number of para-hydroxylation sites is 1. The highest BCUT2D eigenvalue weighted by Gasteiger charge is 2.12. The van der Waals surface area contributed by atoms with Crippen LogP contribution in [0.2, 0.25) is 0 Å². The van der Waals surface area contributed by atoms with Crippen molar-refractivity contribution >= 4 is 17.1 Å². The Morgan fingerprint density at radius 3 is 1.39 bits per heavy atom. The highest BCUT2D eigenvalue weighted by atomic mass is 15.1. The number of allylic oxidation sites excluding steroid dienone is 6. The zero-order chi connectivity index (χ0) is 23.1. The van der Waals surface area contributed by atoms with Crippen LogP contribution >= 0.6 is 0 Å². The third-order valence-electron chi connectivity index (χ3n) is 5.62. The summed E-state index contributed by atoms with van der Waals surface area (Å²) in [6, 6.07) is 28.6. The third-order valence-corrected chi connectivity index (χ3v) is 5.62. The average molecular weight is 434 g/mol. The smallest absolute Gasteiger partial charge is 0.0461 e. The Balaban J connectivity index is 1.73. The Hall–Kier alpha value is -3.58. The zero-order valence-electron chi connectivity index (χ0n) is 19.6. The van der Waals surface area contributed by atoms with Crippen LogP contribution in [0.1, 0.15) is 36.8 Å². The lowest BCUT2D eigenvalue weighted by atomic mass is 10.1. The van der Waals surface area contributed by atoms with Gasteiger partial charge in [-0.05, 0) is 86.1 Å². The largest absolute Gasteiger partial charge is 0.311 e. The first-order chi connectivity index (χ1) is 16.3. The molecule has 0 spiro atoms. The van der Waals surface area contributed by atoms with Crippen LogP contribution in [-0.4, -0.2) is 0 Å². The summed E-state index contributed by atoms with van der Waals surface area (Å²) in [4.78, 5) is 2.33. The van der Waals surface area contributed by atoms with Crippen LogP contribution in [0, 0.1) is 0 Å². The lowest BCUT2D eigenvalue weighted by molar-refractivity contribution is 0.842. The summed E-state index contributed by atoms with van der Waals surface area (Å²) in [5.74, 6) is 0. The van der Waals surface area contributed by atoms with Gasteiger partial charge >= 0.3 is 0 Å². The molecule has 0 radical (unpaired) electrons. The van der Waals surface area contributed by atoms with Crippen LogP contribution < -0.4 is 4.90 Å². The van der Waals surface area contributed by atoms with E-state index < -0.39 is 0 Å². The van der Waals surface area contributed by atoms with Gasteiger partial charge in [-0.3, -0.25) is 0 Å². The number of hydrogen-bond acceptors (Lipinski definition) is 1. The molecule has 1 nitrogen and oxygen atoms in total. The molecule has 0 heterocycles. The molecule has 0 N–H and O–H groups in total. The van der Waals surface area contributed by atoms with Gasteiger partial charge in [0.25, 0.3) is 0 Å². The molecule has 3 aromatic carbocycles. The molecule has 0 aliphatic rings. The highest BCUT2D eigenvalue weighted by Crippen LogP contribution is 2.34. The Kier molecular flexibility index (Phi) is 10.0. The maximum Gasteiger partial charge on any atom is 0.0461 e. The van der Waals surface area contributed by atoms with Gasteiger partial charge in [0.05, 0.1) is 0 Å². The first kappa shape index (κ1) is 24.1. The number of unbranched alkanes of at least 4 members (excludes halogenated alkanes) is 2. The summed E-state index contributed by atoms with van der Waals surface area (Å²) < 4.78 is 0. The van der Waals surface area contributed by atoms with Crippen molar-refractivity contribution in [1.82, 2.24) is 0 Å². The van der Waals surface area contributed by atoms with Crippen LogP contribution in [0.25, 0.3) is 0 Å². The normalized spacial score (nSPS) is 11.2. The molecule has 0 atom stereocenters. The molecule has 0 saturated heterocycles. The van der Waals surface area contributed by atoms with Gasteiger partial charge in [0, 0.05) is 17.1 Å². The van der Waals surface area contributed by atoms with E-state index in [4.69, 9.17) is 0 Å². The van der Waals surface area contributed by atoms with E-state index in [1.807, 2.05) is 24.3 Å². The van der Waals surface area contributed by atoms with Crippen molar-refractivity contribution in [3.63, 3.8) is 0 Å². The highest BCUT2D eigenvalue weighted by molar-refractivity contribution is 5.76. The first-order valence-electron chi connectivity index (χ1n) is 11.9. The van der Waals surface area contributed by atoms with Gasteiger partial charge in [-0.25, -0.2) is 0 Å². The minimum atomic E-state index is 1.08. The molecule has 3 aromatic rings. The van der Waals surface area contributed by atoms with Gasteiger partial charge in [-0.15, -0.1) is 0 Å². The van der Waals surface area contributed by atoms with E-state index in [1.54, 1.807) is 0 Å². The molecule has 0 fully saturated rings. The van der Waals surface area contributed by atoms with Gasteiger partial charge in [-0.2, -0.15) is 0 Å². The van der Waals surface area contributed by atoms with E-state index >= 15 is 0 Å². The summed E-state index contributed by atoms with van der Waals surface area (Å²) >= 11 is 0. The summed E-state index contributed by atoms with van der Waals surface area (Å²) in [5, 5.41) is 0. The van der Waals surface area contributed by atoms with Crippen molar-refractivity contribution in [1.29, 1.82) is 0 Å². The molecular formula is C32H35N. The monoisotopic (exact) mass is 433 g/mol. The minimum Gasteiger partial charge on any atom is -0.311 e. The second kappa shape index (κ2) is 13.8. The molecular weight excluding hydrogens is 398 g/mol. The van der Waals surface area contributed by atoms with Gasteiger partial charge < -0.3 is 4.90 Å². The second-order valence-electron chi connectivity index (χ2n) is 8.12. The lowest BCUT2D eigenvalue weighted by Crippen LogP contribution is -2.10. The summed E-state index contributed by atoms with van der Waals surface area (Å²) in [6.07, 6.45) is 18.7. The van der Waals surface area contributed by atoms with Gasteiger partial charge in [-0.1, -0.05) is 92.1 Å². The number of hydrogen-bond donors (Lipinski definition) is 0. The molecule has 33 heavy (non-hydrogen) atoms. The maximum absolute atomic E-state index is 3.72. The number of anilines is 3. The van der Waals surface area contributed by atoms with Gasteiger partial charge in [0.1, 0.15) is 0 Å². The quantitative estimate of drug-likeness (QED) is 0.192. The van der Waals surface area contributed by atoms with E-state index in [2.05, 4.69) is 109 Å². The topological polar surface area (TPSA) is 3.24 Å². The van der Waals surface area contributed by atoms with Gasteiger partial charge in [0.2, 0.25) is 0 Å². The molecule has 0 aliphatic heterocycles. The van der Waals surface area contributed by atoms with Crippen LogP contribution in [0.3, 0.4) is 0 Å². The molecule has 0 bridgehead atoms. The predicted molar refractivity (Wildman–Crippen MR) is 146 cm³/mol. The van der Waals surface area contributed by atoms with Crippen molar-refractivity contribution < 1.29 is 0 Å². The first-order valence-corrected chi connectivity index (χ1v) is 11.9. The van der Waals surface area contributed by atoms with Crippen molar-refractivity contribution in [3.05, 3.63) is 140 Å². The van der Waals surface area contributed by atoms with Crippen molar-refractivity contribution in [2.75, 3.05) is 4.90 Å². The van der Waals surface area contributed by atoms with Crippen molar-refractivity contribution in [2.24, 2.45) is 0 Å². The van der Waals surface area contributed by atoms with E-state index in [0.29, 0.717) is 0 Å². The second-order valence-corrected chi connectivity index (χ2v) is 8.12. The number of benzene rings is 3. The van der Waals surface area contributed by atoms with Crippen LogP contribution in [0.5, 0.6) is 0 Å². The summed E-state index contributed by atoms with van der Waals surface area (Å²) in [6.45, 7) is 7.45. The summed E-state index contributed by atoms with van der Waals surface area (Å²) in [7, 11) is 0. The molecule has 0 unspecified atom stereocenters. The van der Waals surface area contributed by atoms with Crippen LogP contribution in [0.15, 0.2) is 128 Å². The molecule has 1 heteroatoms. The van der Waals surface area contributed by atoms with E-state index in [9.17, 15) is 0 Å². The summed E-state index contributed by atoms with van der Waals surface area (Å²) in [5.41, 5.74) is 6.28. The fraction of sp³-hybridized carbons (Fsp3) is 0.188. The van der Waals surface area contributed by atoms with Crippen LogP contribution in [0.4, 0.5) is 17.1 Å². The fourth-order valence-electron chi connectivity index (χ4n) is 3.88. The van der Waals surface area contributed by atoms with Crippen molar-refractivity contribution in [3.8, 4) is 0 Å². The Bertz CT molecular complexity index is 957. The third kappa shape index (κ3) is 7.80. The zero-order valence-corrected chi connectivity index (χ0v) is 19.6. The van der Waals surface area contributed by atoms with Gasteiger partial charge in [0.15, 0.2) is 0 Å². The molecule has 168 valence electrons. The standard InChI is InChI=1S/C32H35N/c1-3-5-7-9-12-16-28-20-24-31(25-21-28)33(30-18-14-11-15-19-30)32-26-22-29(23-27-32)17-13-10-8-6-4-2/h3-8,11,14-15,18-27H,1-2,9-10,12-13,16-17H2. The number of rotatable bonds is 13. The molecule has 0 amide bonds. The van der Waals surface area contributed by atoms with E-state index in [-0.39, 0.29) is 0 Å². The molecule has 0 aromatic heterocycles. The maximum atomic E-state index is 3.72. The Morgan fingerprint density at radius 1 is 0.545 bits per heavy atom. The number of aryl methyl sites for hydroxylation is 2. The molecule has 3 rings (SSSR count). The Labute approximate surface area is 200 Å².